The molecule has 1 amide bonds. The fourth-order valence-electron chi connectivity index (χ4n) is 3.27. The van der Waals surface area contributed by atoms with Crippen LogP contribution in [0.2, 0.25) is 0 Å². The van der Waals surface area contributed by atoms with E-state index >= 15 is 0 Å². The Morgan fingerprint density at radius 1 is 1.38 bits per heavy atom. The number of carbonyl (C=O) groups excluding carboxylic acids is 1. The minimum absolute atomic E-state index is 0.0524. The van der Waals surface area contributed by atoms with Gasteiger partial charge in [0.1, 0.15) is 0 Å². The molecule has 154 valence electrons. The summed E-state index contributed by atoms with van der Waals surface area (Å²) < 4.78 is 26.3. The number of benzene rings is 1. The van der Waals surface area contributed by atoms with E-state index in [1.807, 2.05) is 5.38 Å². The molecule has 9 heteroatoms. The molecule has 1 aliphatic heterocycles. The van der Waals surface area contributed by atoms with Gasteiger partial charge >= 0.3 is 0 Å². The number of nitrogens with one attached hydrogen (secondary N) is 2. The molecule has 0 radical (unpaired) electrons. The highest BCUT2D eigenvalue weighted by Crippen LogP contribution is 2.21. The van der Waals surface area contributed by atoms with Gasteiger partial charge in [0.15, 0.2) is 5.13 Å². The maximum Gasteiger partial charge on any atom is 0.257 e. The summed E-state index contributed by atoms with van der Waals surface area (Å²) >= 11 is 1.38. The number of carbonyl (C=O) groups is 1. The molecule has 0 aliphatic carbocycles. The molecule has 2 heterocycles. The molecule has 1 saturated heterocycles. The van der Waals surface area contributed by atoms with E-state index in [-0.39, 0.29) is 17.3 Å². The summed E-state index contributed by atoms with van der Waals surface area (Å²) in [6.45, 7) is 5.11. The largest absolute Gasteiger partial charge is 0.298 e. The second-order valence-electron chi connectivity index (χ2n) is 7.13. The van der Waals surface area contributed by atoms with Crippen molar-refractivity contribution in [3.63, 3.8) is 0 Å². The Morgan fingerprint density at radius 2 is 2.14 bits per heavy atom. The minimum atomic E-state index is -3.68. The van der Waals surface area contributed by atoms with Crippen LogP contribution in [0, 0.1) is 18.3 Å². The summed E-state index contributed by atoms with van der Waals surface area (Å²) in [5.74, 6) is 2.59. The number of rotatable bonds is 7. The quantitative estimate of drug-likeness (QED) is 0.656. The molecule has 2 N–H and O–H groups in total. The third kappa shape index (κ3) is 5.87. The first-order valence-electron chi connectivity index (χ1n) is 9.38. The zero-order chi connectivity index (χ0) is 20.9. The van der Waals surface area contributed by atoms with Crippen LogP contribution in [0.1, 0.15) is 35.8 Å². The highest BCUT2D eigenvalue weighted by molar-refractivity contribution is 7.89. The molecule has 0 saturated carbocycles. The second kappa shape index (κ2) is 9.50. The first kappa shape index (κ1) is 21.5. The van der Waals surface area contributed by atoms with Crippen LogP contribution in [-0.2, 0) is 16.6 Å². The van der Waals surface area contributed by atoms with Gasteiger partial charge in [-0.2, -0.15) is 4.72 Å². The van der Waals surface area contributed by atoms with Gasteiger partial charge in [-0.05, 0) is 49.6 Å². The van der Waals surface area contributed by atoms with E-state index in [0.29, 0.717) is 16.6 Å². The molecule has 1 atom stereocenters. The normalized spacial score (nSPS) is 17.6. The molecule has 1 aliphatic rings. The Morgan fingerprint density at radius 3 is 2.83 bits per heavy atom. The third-order valence-corrected chi connectivity index (χ3v) is 6.91. The molecule has 1 aromatic heterocycles. The summed E-state index contributed by atoms with van der Waals surface area (Å²) in [7, 11) is -3.68. The van der Waals surface area contributed by atoms with Crippen molar-refractivity contribution in [2.75, 3.05) is 25.0 Å². The molecule has 1 unspecified atom stereocenters. The van der Waals surface area contributed by atoms with Gasteiger partial charge in [0.2, 0.25) is 10.0 Å². The van der Waals surface area contributed by atoms with Gasteiger partial charge in [-0.3, -0.25) is 15.0 Å². The van der Waals surface area contributed by atoms with E-state index in [9.17, 15) is 13.2 Å². The zero-order valence-corrected chi connectivity index (χ0v) is 17.9. The predicted molar refractivity (Wildman–Crippen MR) is 114 cm³/mol. The van der Waals surface area contributed by atoms with Crippen molar-refractivity contribution in [1.82, 2.24) is 14.6 Å². The summed E-state index contributed by atoms with van der Waals surface area (Å²) in [5.41, 5.74) is 1.29. The summed E-state index contributed by atoms with van der Waals surface area (Å²) in [6.07, 6.45) is 7.55. The Kier molecular flexibility index (Phi) is 7.03. The van der Waals surface area contributed by atoms with Crippen molar-refractivity contribution in [2.24, 2.45) is 5.92 Å². The van der Waals surface area contributed by atoms with Crippen molar-refractivity contribution < 1.29 is 13.2 Å². The zero-order valence-electron chi connectivity index (χ0n) is 16.2. The molecule has 7 nitrogen and oxygen atoms in total. The SMILES string of the molecule is C#CCNS(=O)(=O)c1ccc(C(=O)Nc2nc(CN3CCCC(C)C3)cs2)cc1. The average Bonchev–Trinajstić information content (AvgIpc) is 3.13. The van der Waals surface area contributed by atoms with Crippen LogP contribution in [0.4, 0.5) is 5.13 Å². The van der Waals surface area contributed by atoms with Gasteiger partial charge in [0, 0.05) is 24.0 Å². The van der Waals surface area contributed by atoms with Crippen LogP contribution in [-0.4, -0.2) is 43.8 Å². The number of sulfonamides is 1. The van der Waals surface area contributed by atoms with Crippen molar-refractivity contribution >= 4 is 32.4 Å². The molecule has 3 rings (SSSR count). The summed E-state index contributed by atoms with van der Waals surface area (Å²) in [6, 6.07) is 5.67. The molecule has 2 aromatic rings. The van der Waals surface area contributed by atoms with Crippen molar-refractivity contribution in [3.05, 3.63) is 40.9 Å². The summed E-state index contributed by atoms with van der Waals surface area (Å²) in [4.78, 5) is 19.4. The van der Waals surface area contributed by atoms with Crippen molar-refractivity contribution in [3.8, 4) is 12.3 Å². The number of nitrogens with zero attached hydrogens (tertiary/aromatic N) is 2. The highest BCUT2D eigenvalue weighted by Gasteiger charge is 2.18. The number of likely N-dealkylation sites (tertiary alicyclic amines) is 1. The van der Waals surface area contributed by atoms with Gasteiger partial charge in [0.25, 0.3) is 5.91 Å². The lowest BCUT2D eigenvalue weighted by Crippen LogP contribution is -2.33. The van der Waals surface area contributed by atoms with E-state index in [1.165, 1.54) is 48.4 Å². The van der Waals surface area contributed by atoms with Crippen LogP contribution in [0.3, 0.4) is 0 Å². The lowest BCUT2D eigenvalue weighted by Gasteiger charge is -2.30. The monoisotopic (exact) mass is 432 g/mol. The van der Waals surface area contributed by atoms with Gasteiger partial charge in [-0.1, -0.05) is 12.8 Å². The molecule has 0 bridgehead atoms. The average molecular weight is 433 g/mol. The van der Waals surface area contributed by atoms with E-state index < -0.39 is 10.0 Å². The van der Waals surface area contributed by atoms with Crippen LogP contribution >= 0.6 is 11.3 Å². The number of aromatic nitrogens is 1. The van der Waals surface area contributed by atoms with Crippen LogP contribution < -0.4 is 10.0 Å². The Bertz CT molecular complexity index is 993. The van der Waals surface area contributed by atoms with Crippen LogP contribution in [0.5, 0.6) is 0 Å². The maximum atomic E-state index is 12.4. The third-order valence-electron chi connectivity index (χ3n) is 4.69. The first-order chi connectivity index (χ1) is 13.9. The molecular formula is C20H24N4O3S2. The summed E-state index contributed by atoms with van der Waals surface area (Å²) in [5, 5.41) is 5.27. The van der Waals surface area contributed by atoms with E-state index in [0.717, 1.165) is 25.3 Å². The molecule has 1 fully saturated rings. The Balaban J connectivity index is 1.59. The standard InChI is InChI=1S/C20H24N4O3S2/c1-3-10-21-29(26,27)18-8-6-16(7-9-18)19(25)23-20-22-17(14-28-20)13-24-11-4-5-15(2)12-24/h1,6-9,14-15,21H,4-5,10-13H2,2H3,(H,22,23,25). The number of thiazole rings is 1. The topological polar surface area (TPSA) is 91.4 Å². The van der Waals surface area contributed by atoms with Crippen molar-refractivity contribution in [2.45, 2.75) is 31.2 Å². The Labute approximate surface area is 175 Å². The van der Waals surface area contributed by atoms with E-state index in [1.54, 1.807) is 0 Å². The van der Waals surface area contributed by atoms with Gasteiger partial charge in [0.05, 0.1) is 17.1 Å². The van der Waals surface area contributed by atoms with Crippen molar-refractivity contribution in [1.29, 1.82) is 0 Å². The van der Waals surface area contributed by atoms with E-state index in [4.69, 9.17) is 6.42 Å². The van der Waals surface area contributed by atoms with Gasteiger partial charge < -0.3 is 0 Å². The number of hydrogen-bond acceptors (Lipinski definition) is 6. The fraction of sp³-hybridized carbons (Fsp3) is 0.400. The first-order valence-corrected chi connectivity index (χ1v) is 11.7. The Hall–Kier alpha value is -2.25. The van der Waals surface area contributed by atoms with Crippen LogP contribution in [0.25, 0.3) is 0 Å². The van der Waals surface area contributed by atoms with Gasteiger partial charge in [-0.15, -0.1) is 17.8 Å². The number of amides is 1. The van der Waals surface area contributed by atoms with Crippen LogP contribution in [0.15, 0.2) is 34.5 Å². The minimum Gasteiger partial charge on any atom is -0.298 e. The molecular weight excluding hydrogens is 408 g/mol. The van der Waals surface area contributed by atoms with Gasteiger partial charge in [-0.25, -0.2) is 13.4 Å². The number of hydrogen-bond donors (Lipinski definition) is 2. The second-order valence-corrected chi connectivity index (χ2v) is 9.76. The smallest absolute Gasteiger partial charge is 0.257 e. The lowest BCUT2D eigenvalue weighted by atomic mass is 10.0. The number of terminal acetylenes is 1. The lowest BCUT2D eigenvalue weighted by molar-refractivity contribution is 0.102. The number of anilines is 1. The molecule has 29 heavy (non-hydrogen) atoms. The predicted octanol–water partition coefficient (Wildman–Crippen LogP) is 2.54. The fourth-order valence-corrected chi connectivity index (χ4v) is 4.90. The maximum absolute atomic E-state index is 12.4. The highest BCUT2D eigenvalue weighted by atomic mass is 32.2. The molecule has 0 spiro atoms. The van der Waals surface area contributed by atoms with E-state index in [2.05, 4.69) is 32.8 Å². The molecule has 1 aromatic carbocycles. The number of piperidine rings is 1.